The number of ether oxygens (including phenoxy) is 1. The number of methoxy groups -OCH3 is 1. The van der Waals surface area contributed by atoms with E-state index < -0.39 is 17.6 Å². The predicted molar refractivity (Wildman–Crippen MR) is 96.2 cm³/mol. The van der Waals surface area contributed by atoms with E-state index in [0.29, 0.717) is 22.2 Å². The first-order valence-corrected chi connectivity index (χ1v) is 8.04. The van der Waals surface area contributed by atoms with Crippen molar-refractivity contribution in [3.05, 3.63) is 70.4 Å². The molecule has 1 aromatic heterocycles. The summed E-state index contributed by atoms with van der Waals surface area (Å²) < 4.78 is 32.6. The fraction of sp³-hybridized carbons (Fsp3) is 0.150. The minimum atomic E-state index is -0.582. The van der Waals surface area contributed by atoms with Gasteiger partial charge in [0.15, 0.2) is 0 Å². The number of anilines is 1. The molecule has 0 saturated heterocycles. The SMILES string of the molecule is COC(=O)c1ccc(F)c(CNc2c(C#N)cnc3c(C)cc(F)cc23)c1. The summed E-state index contributed by atoms with van der Waals surface area (Å²) in [5.41, 5.74) is 2.14. The normalized spacial score (nSPS) is 10.5. The number of hydrogen-bond donors (Lipinski definition) is 1. The maximum Gasteiger partial charge on any atom is 0.337 e. The van der Waals surface area contributed by atoms with Crippen molar-refractivity contribution >= 4 is 22.6 Å². The number of carbonyl (C=O) groups excluding carboxylic acids is 1. The molecule has 1 N–H and O–H groups in total. The number of carbonyl (C=O) groups is 1. The first-order valence-electron chi connectivity index (χ1n) is 8.04. The van der Waals surface area contributed by atoms with Crippen LogP contribution in [0.15, 0.2) is 36.5 Å². The molecule has 0 radical (unpaired) electrons. The Bertz CT molecular complexity index is 1090. The van der Waals surface area contributed by atoms with E-state index in [9.17, 15) is 18.8 Å². The van der Waals surface area contributed by atoms with Gasteiger partial charge in [-0.3, -0.25) is 4.98 Å². The lowest BCUT2D eigenvalue weighted by Crippen LogP contribution is -2.08. The molecular formula is C20H15F2N3O2. The number of nitrogens with zero attached hydrogens (tertiary/aromatic N) is 2. The third-order valence-corrected chi connectivity index (χ3v) is 4.17. The molecule has 0 spiro atoms. The van der Waals surface area contributed by atoms with Gasteiger partial charge in [-0.15, -0.1) is 0 Å². The van der Waals surface area contributed by atoms with Crippen LogP contribution in [0.5, 0.6) is 0 Å². The molecule has 0 saturated carbocycles. The molecule has 2 aromatic carbocycles. The number of rotatable bonds is 4. The highest BCUT2D eigenvalue weighted by Crippen LogP contribution is 2.29. The molecule has 3 aromatic rings. The molecular weight excluding hydrogens is 352 g/mol. The van der Waals surface area contributed by atoms with E-state index in [1.165, 1.54) is 43.6 Å². The number of pyridine rings is 1. The largest absolute Gasteiger partial charge is 0.465 e. The molecule has 27 heavy (non-hydrogen) atoms. The zero-order valence-electron chi connectivity index (χ0n) is 14.6. The maximum atomic E-state index is 14.1. The highest BCUT2D eigenvalue weighted by Gasteiger charge is 2.14. The van der Waals surface area contributed by atoms with E-state index in [1.54, 1.807) is 6.92 Å². The summed E-state index contributed by atoms with van der Waals surface area (Å²) in [6.45, 7) is 1.70. The van der Waals surface area contributed by atoms with Crippen molar-refractivity contribution in [2.75, 3.05) is 12.4 Å². The fourth-order valence-corrected chi connectivity index (χ4v) is 2.85. The van der Waals surface area contributed by atoms with Crippen molar-refractivity contribution in [3.8, 4) is 6.07 Å². The van der Waals surface area contributed by atoms with Gasteiger partial charge in [-0.25, -0.2) is 13.6 Å². The Labute approximate surface area is 154 Å². The molecule has 0 aliphatic carbocycles. The van der Waals surface area contributed by atoms with E-state index in [4.69, 9.17) is 0 Å². The van der Waals surface area contributed by atoms with E-state index in [1.807, 2.05) is 6.07 Å². The molecule has 0 aliphatic heterocycles. The summed E-state index contributed by atoms with van der Waals surface area (Å²) in [5.74, 6) is -1.56. The van der Waals surface area contributed by atoms with E-state index in [-0.39, 0.29) is 23.2 Å². The number of halogens is 2. The van der Waals surface area contributed by atoms with Gasteiger partial charge in [0, 0.05) is 23.7 Å². The molecule has 0 unspecified atom stereocenters. The van der Waals surface area contributed by atoms with Crippen LogP contribution in [0, 0.1) is 29.9 Å². The second-order valence-electron chi connectivity index (χ2n) is 5.93. The highest BCUT2D eigenvalue weighted by molar-refractivity contribution is 5.95. The summed E-state index contributed by atoms with van der Waals surface area (Å²) in [4.78, 5) is 15.9. The van der Waals surface area contributed by atoms with E-state index in [2.05, 4.69) is 15.0 Å². The van der Waals surface area contributed by atoms with Crippen LogP contribution in [-0.4, -0.2) is 18.1 Å². The Morgan fingerprint density at radius 1 is 1.30 bits per heavy atom. The lowest BCUT2D eigenvalue weighted by Gasteiger charge is -2.13. The van der Waals surface area contributed by atoms with Crippen LogP contribution in [-0.2, 0) is 11.3 Å². The van der Waals surface area contributed by atoms with Crippen LogP contribution in [0.3, 0.4) is 0 Å². The monoisotopic (exact) mass is 367 g/mol. The minimum Gasteiger partial charge on any atom is -0.465 e. The first kappa shape index (κ1) is 18.3. The summed E-state index contributed by atoms with van der Waals surface area (Å²) >= 11 is 0. The van der Waals surface area contributed by atoms with E-state index >= 15 is 0 Å². The second-order valence-corrected chi connectivity index (χ2v) is 5.93. The average Bonchev–Trinajstić information content (AvgIpc) is 2.66. The molecule has 0 fully saturated rings. The van der Waals surface area contributed by atoms with Crippen LogP contribution >= 0.6 is 0 Å². The number of aromatic nitrogens is 1. The molecule has 7 heteroatoms. The second kappa shape index (κ2) is 7.38. The number of esters is 1. The topological polar surface area (TPSA) is 75.0 Å². The maximum absolute atomic E-state index is 14.1. The molecule has 0 amide bonds. The Hall–Kier alpha value is -3.53. The predicted octanol–water partition coefficient (Wildman–Crippen LogP) is 4.09. The summed E-state index contributed by atoms with van der Waals surface area (Å²) in [6, 6.07) is 8.50. The molecule has 0 bridgehead atoms. The van der Waals surface area contributed by atoms with Crippen molar-refractivity contribution in [2.45, 2.75) is 13.5 Å². The van der Waals surface area contributed by atoms with Crippen molar-refractivity contribution < 1.29 is 18.3 Å². The van der Waals surface area contributed by atoms with Crippen LogP contribution in [0.2, 0.25) is 0 Å². The standard InChI is InChI=1S/C20H15F2N3O2/c1-11-5-15(21)7-16-18(11)24-10-14(8-23)19(16)25-9-13-6-12(20(26)27-2)3-4-17(13)22/h3-7,10H,9H2,1-2H3,(H,24,25). The van der Waals surface area contributed by atoms with Gasteiger partial charge in [0.2, 0.25) is 0 Å². The summed E-state index contributed by atoms with van der Waals surface area (Å²) in [7, 11) is 1.24. The average molecular weight is 367 g/mol. The zero-order chi connectivity index (χ0) is 19.6. The number of aryl methyl sites for hydroxylation is 1. The Balaban J connectivity index is 2.03. The van der Waals surface area contributed by atoms with Crippen LogP contribution in [0.4, 0.5) is 14.5 Å². The summed E-state index contributed by atoms with van der Waals surface area (Å²) in [6.07, 6.45) is 1.39. The Kier molecular flexibility index (Phi) is 4.99. The molecule has 0 aliphatic rings. The van der Waals surface area contributed by atoms with E-state index in [0.717, 1.165) is 0 Å². The van der Waals surface area contributed by atoms with Crippen molar-refractivity contribution in [1.82, 2.24) is 4.98 Å². The number of benzene rings is 2. The lowest BCUT2D eigenvalue weighted by atomic mass is 10.1. The Morgan fingerprint density at radius 3 is 2.78 bits per heavy atom. The van der Waals surface area contributed by atoms with Crippen molar-refractivity contribution in [1.29, 1.82) is 5.26 Å². The minimum absolute atomic E-state index is 0.0139. The van der Waals surface area contributed by atoms with Gasteiger partial charge in [-0.05, 0) is 42.8 Å². The summed E-state index contributed by atoms with van der Waals surface area (Å²) in [5, 5.41) is 12.8. The number of hydrogen-bond acceptors (Lipinski definition) is 5. The fourth-order valence-electron chi connectivity index (χ4n) is 2.85. The van der Waals surface area contributed by atoms with Gasteiger partial charge >= 0.3 is 5.97 Å². The molecule has 3 rings (SSSR count). The lowest BCUT2D eigenvalue weighted by molar-refractivity contribution is 0.0600. The zero-order valence-corrected chi connectivity index (χ0v) is 14.6. The number of fused-ring (bicyclic) bond motifs is 1. The van der Waals surface area contributed by atoms with Crippen molar-refractivity contribution in [3.63, 3.8) is 0 Å². The van der Waals surface area contributed by atoms with Crippen LogP contribution in [0.25, 0.3) is 10.9 Å². The van der Waals surface area contributed by atoms with Gasteiger partial charge in [-0.1, -0.05) is 0 Å². The third kappa shape index (κ3) is 3.55. The van der Waals surface area contributed by atoms with Gasteiger partial charge in [-0.2, -0.15) is 5.26 Å². The number of nitriles is 1. The van der Waals surface area contributed by atoms with Gasteiger partial charge in [0.25, 0.3) is 0 Å². The van der Waals surface area contributed by atoms with Gasteiger partial charge in [0.1, 0.15) is 17.7 Å². The van der Waals surface area contributed by atoms with Gasteiger partial charge < -0.3 is 10.1 Å². The molecule has 0 atom stereocenters. The molecule has 1 heterocycles. The number of nitrogens with one attached hydrogen (secondary N) is 1. The molecule has 136 valence electrons. The third-order valence-electron chi connectivity index (χ3n) is 4.17. The van der Waals surface area contributed by atoms with Crippen LogP contribution < -0.4 is 5.32 Å². The highest BCUT2D eigenvalue weighted by atomic mass is 19.1. The van der Waals surface area contributed by atoms with Crippen molar-refractivity contribution in [2.24, 2.45) is 0 Å². The first-order chi connectivity index (χ1) is 12.9. The smallest absolute Gasteiger partial charge is 0.337 e. The quantitative estimate of drug-likeness (QED) is 0.703. The van der Waals surface area contributed by atoms with Crippen LogP contribution in [0.1, 0.15) is 27.0 Å². The van der Waals surface area contributed by atoms with Gasteiger partial charge in [0.05, 0.1) is 29.4 Å². The Morgan fingerprint density at radius 2 is 2.07 bits per heavy atom. The molecule has 5 nitrogen and oxygen atoms in total.